The van der Waals surface area contributed by atoms with E-state index in [1.807, 2.05) is 6.07 Å². The zero-order valence-electron chi connectivity index (χ0n) is 13.1. The number of thiazole rings is 1. The van der Waals surface area contributed by atoms with Crippen molar-refractivity contribution in [3.63, 3.8) is 0 Å². The molecule has 0 radical (unpaired) electrons. The smallest absolute Gasteiger partial charge is 0.355 e. The molecule has 0 unspecified atom stereocenters. The van der Waals surface area contributed by atoms with E-state index in [-0.39, 0.29) is 18.1 Å². The highest BCUT2D eigenvalue weighted by Gasteiger charge is 2.17. The van der Waals surface area contributed by atoms with Crippen molar-refractivity contribution >= 4 is 38.5 Å². The first kappa shape index (κ1) is 16.1. The quantitative estimate of drug-likeness (QED) is 0.670. The van der Waals surface area contributed by atoms with Crippen molar-refractivity contribution in [2.75, 3.05) is 13.7 Å². The van der Waals surface area contributed by atoms with Gasteiger partial charge in [-0.15, -0.1) is 0 Å². The van der Waals surface area contributed by atoms with Crippen molar-refractivity contribution in [3.8, 4) is 0 Å². The van der Waals surface area contributed by atoms with Gasteiger partial charge in [-0.25, -0.2) is 4.79 Å². The molecule has 3 rings (SSSR count). The van der Waals surface area contributed by atoms with Gasteiger partial charge in [0.1, 0.15) is 5.69 Å². The maximum Gasteiger partial charge on any atom is 0.355 e. The fourth-order valence-corrected chi connectivity index (χ4v) is 3.52. The third kappa shape index (κ3) is 2.88. The fraction of sp³-hybridized carbons (Fsp3) is 0.250. The lowest BCUT2D eigenvalue weighted by Gasteiger charge is -2.04. The first-order valence-corrected chi connectivity index (χ1v) is 8.04. The second-order valence-electron chi connectivity index (χ2n) is 4.98. The molecule has 0 aliphatic rings. The third-order valence-electron chi connectivity index (χ3n) is 3.41. The van der Waals surface area contributed by atoms with E-state index in [2.05, 4.69) is 4.98 Å². The van der Waals surface area contributed by atoms with E-state index in [4.69, 9.17) is 9.47 Å². The Labute approximate surface area is 140 Å². The van der Waals surface area contributed by atoms with Crippen molar-refractivity contribution in [2.45, 2.75) is 13.3 Å². The van der Waals surface area contributed by atoms with E-state index in [1.165, 1.54) is 18.4 Å². The Morgan fingerprint density at radius 2 is 2.08 bits per heavy atom. The maximum absolute atomic E-state index is 11.9. The normalized spacial score (nSPS) is 10.9. The summed E-state index contributed by atoms with van der Waals surface area (Å²) in [4.78, 5) is 39.6. The molecule has 3 aromatic rings. The van der Waals surface area contributed by atoms with Crippen LogP contribution in [0, 0.1) is 0 Å². The number of rotatable bonds is 4. The number of aromatic nitrogens is 2. The van der Waals surface area contributed by atoms with Crippen LogP contribution in [0.15, 0.2) is 29.1 Å². The minimum Gasteiger partial charge on any atom is -0.466 e. The molecule has 1 aromatic carbocycles. The highest BCUT2D eigenvalue weighted by atomic mass is 32.1. The van der Waals surface area contributed by atoms with Crippen LogP contribution in [0.1, 0.15) is 23.0 Å². The van der Waals surface area contributed by atoms with Crippen LogP contribution in [0.3, 0.4) is 0 Å². The van der Waals surface area contributed by atoms with Gasteiger partial charge in [-0.05, 0) is 24.6 Å². The van der Waals surface area contributed by atoms with Gasteiger partial charge in [0, 0.05) is 6.07 Å². The minimum atomic E-state index is -0.611. The van der Waals surface area contributed by atoms with E-state index in [9.17, 15) is 14.4 Å². The molecule has 0 aliphatic carbocycles. The summed E-state index contributed by atoms with van der Waals surface area (Å²) in [5, 5.41) is 0. The summed E-state index contributed by atoms with van der Waals surface area (Å²) in [6, 6.07) is 6.55. The van der Waals surface area contributed by atoms with Gasteiger partial charge in [0.25, 0.3) is 5.56 Å². The average molecular weight is 346 g/mol. The summed E-state index contributed by atoms with van der Waals surface area (Å²) in [5.41, 5.74) is 1.12. The largest absolute Gasteiger partial charge is 0.466 e. The van der Waals surface area contributed by atoms with Crippen LogP contribution in [0.5, 0.6) is 0 Å². The molecule has 0 saturated heterocycles. The van der Waals surface area contributed by atoms with Crippen LogP contribution < -0.4 is 5.56 Å². The number of hydrogen-bond acceptors (Lipinski definition) is 7. The molecule has 0 bridgehead atoms. The van der Waals surface area contributed by atoms with Crippen molar-refractivity contribution < 1.29 is 19.1 Å². The molecule has 24 heavy (non-hydrogen) atoms. The molecule has 0 aliphatic heterocycles. The van der Waals surface area contributed by atoms with E-state index >= 15 is 0 Å². The van der Waals surface area contributed by atoms with Crippen LogP contribution in [-0.2, 0) is 20.7 Å². The van der Waals surface area contributed by atoms with Crippen LogP contribution >= 0.6 is 11.3 Å². The number of carbonyl (C=O) groups excluding carboxylic acids is 2. The molecule has 124 valence electrons. The molecule has 0 spiro atoms. The van der Waals surface area contributed by atoms with Crippen LogP contribution in [0.25, 0.3) is 15.2 Å². The number of ether oxygens (including phenoxy) is 2. The summed E-state index contributed by atoms with van der Waals surface area (Å²) in [6.07, 6.45) is 0.160. The van der Waals surface area contributed by atoms with Crippen molar-refractivity contribution in [1.82, 2.24) is 9.38 Å². The Bertz CT molecular complexity index is 1000. The molecule has 0 saturated carbocycles. The average Bonchev–Trinajstić information content (AvgIpc) is 2.90. The summed E-state index contributed by atoms with van der Waals surface area (Å²) in [6.45, 7) is 2.09. The summed E-state index contributed by atoms with van der Waals surface area (Å²) in [5.74, 6) is -0.916. The van der Waals surface area contributed by atoms with E-state index in [0.29, 0.717) is 11.6 Å². The Hall–Kier alpha value is -2.74. The molecule has 0 N–H and O–H groups in total. The lowest BCUT2D eigenvalue weighted by atomic mass is 10.1. The summed E-state index contributed by atoms with van der Waals surface area (Å²) < 4.78 is 12.1. The van der Waals surface area contributed by atoms with Gasteiger partial charge >= 0.3 is 11.9 Å². The predicted octanol–water partition coefficient (Wildman–Crippen LogP) is 1.80. The highest BCUT2D eigenvalue weighted by molar-refractivity contribution is 7.23. The van der Waals surface area contributed by atoms with E-state index in [1.54, 1.807) is 23.5 Å². The van der Waals surface area contributed by atoms with Gasteiger partial charge in [-0.1, -0.05) is 17.4 Å². The van der Waals surface area contributed by atoms with Crippen molar-refractivity contribution in [1.29, 1.82) is 0 Å². The molecule has 0 fully saturated rings. The molecule has 2 heterocycles. The molecule has 7 nitrogen and oxygen atoms in total. The lowest BCUT2D eigenvalue weighted by Crippen LogP contribution is -2.15. The zero-order valence-corrected chi connectivity index (χ0v) is 13.9. The fourth-order valence-electron chi connectivity index (χ4n) is 2.43. The molecule has 8 heteroatoms. The molecule has 2 aromatic heterocycles. The second kappa shape index (κ2) is 6.40. The van der Waals surface area contributed by atoms with Gasteiger partial charge in [-0.2, -0.15) is 4.98 Å². The number of fused-ring (bicyclic) bond motifs is 3. The Balaban J connectivity index is 2.16. The van der Waals surface area contributed by atoms with Crippen LogP contribution in [-0.4, -0.2) is 35.0 Å². The standard InChI is InChI=1S/C16H14N2O5S/c1-3-23-14(20)7-9-4-5-10-12(6-9)24-16-17-13(19)8-11(18(10)16)15(21)22-2/h4-6,8H,3,7H2,1-2H3. The summed E-state index contributed by atoms with van der Waals surface area (Å²) in [7, 11) is 1.26. The molecular formula is C16H14N2O5S. The summed E-state index contributed by atoms with van der Waals surface area (Å²) >= 11 is 1.26. The molecule has 0 amide bonds. The topological polar surface area (TPSA) is 87.0 Å². The SMILES string of the molecule is CCOC(=O)Cc1ccc2c(c1)sc1nc(=O)cc(C(=O)OC)n12. The number of esters is 2. The number of benzene rings is 1. The number of nitrogens with zero attached hydrogens (tertiary/aromatic N) is 2. The van der Waals surface area contributed by atoms with Crippen molar-refractivity contribution in [3.05, 3.63) is 45.9 Å². The predicted molar refractivity (Wildman–Crippen MR) is 88.5 cm³/mol. The zero-order chi connectivity index (χ0) is 17.3. The Morgan fingerprint density at radius 3 is 2.79 bits per heavy atom. The number of methoxy groups -OCH3 is 1. The first-order chi connectivity index (χ1) is 11.5. The monoisotopic (exact) mass is 346 g/mol. The number of hydrogen-bond donors (Lipinski definition) is 0. The first-order valence-electron chi connectivity index (χ1n) is 7.22. The van der Waals surface area contributed by atoms with Gasteiger partial charge < -0.3 is 9.47 Å². The molecular weight excluding hydrogens is 332 g/mol. The van der Waals surface area contributed by atoms with Crippen LogP contribution in [0.4, 0.5) is 0 Å². The second-order valence-corrected chi connectivity index (χ2v) is 5.98. The van der Waals surface area contributed by atoms with Gasteiger partial charge in [0.2, 0.25) is 0 Å². The van der Waals surface area contributed by atoms with Gasteiger partial charge in [0.05, 0.1) is 30.4 Å². The minimum absolute atomic E-state index is 0.122. The van der Waals surface area contributed by atoms with Crippen LogP contribution in [0.2, 0.25) is 0 Å². The number of carbonyl (C=O) groups is 2. The van der Waals surface area contributed by atoms with Gasteiger partial charge in [0.15, 0.2) is 4.96 Å². The van der Waals surface area contributed by atoms with Crippen molar-refractivity contribution in [2.24, 2.45) is 0 Å². The van der Waals surface area contributed by atoms with E-state index in [0.717, 1.165) is 21.8 Å². The Kier molecular flexibility index (Phi) is 4.30. The third-order valence-corrected chi connectivity index (χ3v) is 4.42. The highest BCUT2D eigenvalue weighted by Crippen LogP contribution is 2.27. The van der Waals surface area contributed by atoms with E-state index < -0.39 is 11.5 Å². The van der Waals surface area contributed by atoms with Gasteiger partial charge in [-0.3, -0.25) is 14.0 Å². The maximum atomic E-state index is 11.9. The molecule has 0 atom stereocenters. The lowest BCUT2D eigenvalue weighted by molar-refractivity contribution is -0.142. The Morgan fingerprint density at radius 1 is 1.29 bits per heavy atom.